The van der Waals surface area contributed by atoms with E-state index in [9.17, 15) is 18.0 Å². The number of hydrogen-bond acceptors (Lipinski definition) is 2. The number of alkyl halides is 2. The van der Waals surface area contributed by atoms with Crippen molar-refractivity contribution >= 4 is 17.7 Å². The summed E-state index contributed by atoms with van der Waals surface area (Å²) < 4.78 is 38.1. The van der Waals surface area contributed by atoms with E-state index in [4.69, 9.17) is 5.11 Å². The summed E-state index contributed by atoms with van der Waals surface area (Å²) in [6, 6.07) is 4.76. The van der Waals surface area contributed by atoms with Crippen molar-refractivity contribution < 1.29 is 23.1 Å². The van der Waals surface area contributed by atoms with Crippen LogP contribution < -0.4 is 0 Å². The molecule has 0 amide bonds. The molecule has 0 aliphatic carbocycles. The average Bonchev–Trinajstić information content (AvgIpc) is 2.08. The molecule has 0 heterocycles. The van der Waals surface area contributed by atoms with Crippen molar-refractivity contribution in [1.29, 1.82) is 0 Å². The number of thioether (sulfide) groups is 1. The molecule has 76 valence electrons. The molecule has 1 rings (SSSR count). The van der Waals surface area contributed by atoms with Crippen molar-refractivity contribution in [2.24, 2.45) is 0 Å². The molecule has 0 radical (unpaired) electrons. The van der Waals surface area contributed by atoms with E-state index in [-0.39, 0.29) is 16.7 Å². The molecule has 2 nitrogen and oxygen atoms in total. The van der Waals surface area contributed by atoms with Crippen LogP contribution >= 0.6 is 11.8 Å². The van der Waals surface area contributed by atoms with Gasteiger partial charge in [0, 0.05) is 4.90 Å². The van der Waals surface area contributed by atoms with E-state index in [0.717, 1.165) is 12.1 Å². The lowest BCUT2D eigenvalue weighted by Gasteiger charge is -2.10. The van der Waals surface area contributed by atoms with Crippen molar-refractivity contribution in [2.75, 3.05) is 0 Å². The molecule has 0 aliphatic rings. The Balaban J connectivity index is 2.89. The molecule has 0 saturated carbocycles. The van der Waals surface area contributed by atoms with Gasteiger partial charge in [0.1, 0.15) is 5.82 Å². The highest BCUT2D eigenvalue weighted by molar-refractivity contribution is 8.01. The first-order valence-electron chi connectivity index (χ1n) is 3.48. The summed E-state index contributed by atoms with van der Waals surface area (Å²) in [6.07, 6.45) is 0. The van der Waals surface area contributed by atoms with Crippen molar-refractivity contribution in [3.8, 4) is 0 Å². The fourth-order valence-corrected chi connectivity index (χ4v) is 1.38. The summed E-state index contributed by atoms with van der Waals surface area (Å²) >= 11 is -0.327. The third-order valence-corrected chi connectivity index (χ3v) is 2.31. The van der Waals surface area contributed by atoms with Crippen LogP contribution in [0, 0.1) is 5.82 Å². The molecule has 0 spiro atoms. The van der Waals surface area contributed by atoms with Crippen molar-refractivity contribution in [2.45, 2.75) is 10.2 Å². The van der Waals surface area contributed by atoms with Gasteiger partial charge >= 0.3 is 11.2 Å². The van der Waals surface area contributed by atoms with Crippen LogP contribution in [0.15, 0.2) is 29.2 Å². The first kappa shape index (κ1) is 10.9. The molecule has 0 bridgehead atoms. The Bertz CT molecular complexity index is 354. The monoisotopic (exact) mass is 222 g/mol. The first-order chi connectivity index (χ1) is 6.43. The number of carboxylic acids is 1. The Morgan fingerprint density at radius 3 is 2.43 bits per heavy atom. The molecule has 6 heteroatoms. The van der Waals surface area contributed by atoms with Crippen LogP contribution in [0.2, 0.25) is 0 Å². The lowest BCUT2D eigenvalue weighted by molar-refractivity contribution is -0.152. The van der Waals surface area contributed by atoms with E-state index in [1.807, 2.05) is 0 Å². The zero-order chi connectivity index (χ0) is 10.8. The third-order valence-electron chi connectivity index (χ3n) is 1.32. The summed E-state index contributed by atoms with van der Waals surface area (Å²) in [5, 5.41) is 4.09. The molecule has 0 aromatic heterocycles. The van der Waals surface area contributed by atoms with Crippen molar-refractivity contribution in [3.63, 3.8) is 0 Å². The summed E-state index contributed by atoms with van der Waals surface area (Å²) in [7, 11) is 0. The van der Waals surface area contributed by atoms with Crippen LogP contribution in [0.4, 0.5) is 13.2 Å². The minimum Gasteiger partial charge on any atom is -0.476 e. The molecule has 1 aromatic rings. The van der Waals surface area contributed by atoms with Gasteiger partial charge in [-0.25, -0.2) is 9.18 Å². The molecule has 0 aliphatic heterocycles. The fourth-order valence-electron chi connectivity index (χ4n) is 0.709. The number of halogens is 3. The lowest BCUT2D eigenvalue weighted by Crippen LogP contribution is -2.23. The highest BCUT2D eigenvalue weighted by Gasteiger charge is 2.40. The molecular formula is C8H5F3O2S. The maximum absolute atomic E-state index is 12.8. The van der Waals surface area contributed by atoms with E-state index in [1.54, 1.807) is 0 Å². The number of carbonyl (C=O) groups is 1. The molecule has 1 N–H and O–H groups in total. The molecule has 14 heavy (non-hydrogen) atoms. The van der Waals surface area contributed by atoms with E-state index < -0.39 is 17.0 Å². The maximum atomic E-state index is 12.8. The Labute approximate surface area is 81.7 Å². The second-order valence-corrected chi connectivity index (χ2v) is 3.51. The summed E-state index contributed by atoms with van der Waals surface area (Å²) in [5.74, 6) is -3.15. The number of benzene rings is 1. The second kappa shape index (κ2) is 3.91. The Morgan fingerprint density at radius 1 is 1.36 bits per heavy atom. The minimum absolute atomic E-state index is 0.327. The van der Waals surface area contributed by atoms with Gasteiger partial charge in [0.2, 0.25) is 0 Å². The van der Waals surface area contributed by atoms with E-state index >= 15 is 0 Å². The Hall–Kier alpha value is -1.17. The predicted molar refractivity (Wildman–Crippen MR) is 44.8 cm³/mol. The zero-order valence-corrected chi connectivity index (χ0v) is 7.52. The van der Waals surface area contributed by atoms with Gasteiger partial charge in [-0.1, -0.05) is 12.1 Å². The summed E-state index contributed by atoms with van der Waals surface area (Å²) in [5.41, 5.74) is 0. The molecule has 0 saturated heterocycles. The molecule has 0 fully saturated rings. The van der Waals surface area contributed by atoms with E-state index in [1.165, 1.54) is 12.1 Å². The Morgan fingerprint density at radius 2 is 1.93 bits per heavy atom. The number of aliphatic carboxylic acids is 1. The highest BCUT2D eigenvalue weighted by Crippen LogP contribution is 2.36. The van der Waals surface area contributed by atoms with Crippen LogP contribution in [0.5, 0.6) is 0 Å². The minimum atomic E-state index is -4.01. The van der Waals surface area contributed by atoms with Crippen LogP contribution in [-0.4, -0.2) is 16.3 Å². The van der Waals surface area contributed by atoms with Crippen LogP contribution in [0.25, 0.3) is 0 Å². The maximum Gasteiger partial charge on any atom is 0.393 e. The zero-order valence-electron chi connectivity index (χ0n) is 6.71. The molecular weight excluding hydrogens is 217 g/mol. The summed E-state index contributed by atoms with van der Waals surface area (Å²) in [4.78, 5) is 9.65. The summed E-state index contributed by atoms with van der Waals surface area (Å²) in [6.45, 7) is 0. The third kappa shape index (κ3) is 2.41. The topological polar surface area (TPSA) is 37.3 Å². The van der Waals surface area contributed by atoms with Crippen LogP contribution in [0.3, 0.4) is 0 Å². The van der Waals surface area contributed by atoms with Crippen LogP contribution in [-0.2, 0) is 4.79 Å². The standard InChI is InChI=1S/C8H5F3O2S/c9-5-3-1-2-4-6(5)14-8(10,11)7(12)13/h1-4H,(H,12,13). The predicted octanol–water partition coefficient (Wildman–Crippen LogP) is 2.60. The van der Waals surface area contributed by atoms with Gasteiger partial charge in [-0.3, -0.25) is 0 Å². The number of rotatable bonds is 3. The van der Waals surface area contributed by atoms with Crippen molar-refractivity contribution in [3.05, 3.63) is 30.1 Å². The molecule has 1 aromatic carbocycles. The molecule has 0 unspecified atom stereocenters. The van der Waals surface area contributed by atoms with Gasteiger partial charge in [-0.2, -0.15) is 8.78 Å². The van der Waals surface area contributed by atoms with Gasteiger partial charge in [-0.15, -0.1) is 0 Å². The van der Waals surface area contributed by atoms with Crippen LogP contribution in [0.1, 0.15) is 0 Å². The largest absolute Gasteiger partial charge is 0.476 e. The van der Waals surface area contributed by atoms with E-state index in [2.05, 4.69) is 0 Å². The first-order valence-corrected chi connectivity index (χ1v) is 4.30. The highest BCUT2D eigenvalue weighted by atomic mass is 32.2. The van der Waals surface area contributed by atoms with E-state index in [0.29, 0.717) is 0 Å². The Kier molecular flexibility index (Phi) is 3.05. The van der Waals surface area contributed by atoms with Gasteiger partial charge in [-0.05, 0) is 23.9 Å². The van der Waals surface area contributed by atoms with Gasteiger partial charge in [0.05, 0.1) is 0 Å². The second-order valence-electron chi connectivity index (χ2n) is 2.35. The normalized spacial score (nSPS) is 11.4. The quantitative estimate of drug-likeness (QED) is 0.798. The SMILES string of the molecule is O=C(O)C(F)(F)Sc1ccccc1F. The number of hydrogen-bond donors (Lipinski definition) is 1. The average molecular weight is 222 g/mol. The van der Waals surface area contributed by atoms with Gasteiger partial charge in [0.25, 0.3) is 0 Å². The molecule has 0 atom stereocenters. The number of carboxylic acid groups (broad SMARTS) is 1. The fraction of sp³-hybridized carbons (Fsp3) is 0.125. The lowest BCUT2D eigenvalue weighted by atomic mass is 10.3. The van der Waals surface area contributed by atoms with Crippen molar-refractivity contribution in [1.82, 2.24) is 0 Å². The smallest absolute Gasteiger partial charge is 0.393 e. The van der Waals surface area contributed by atoms with Gasteiger partial charge < -0.3 is 5.11 Å². The van der Waals surface area contributed by atoms with Gasteiger partial charge in [0.15, 0.2) is 0 Å².